The van der Waals surface area contributed by atoms with Crippen molar-refractivity contribution >= 4 is 56.0 Å². The zero-order valence-corrected chi connectivity index (χ0v) is 27.8. The van der Waals surface area contributed by atoms with Crippen LogP contribution in [0.15, 0.2) is 18.2 Å². The summed E-state index contributed by atoms with van der Waals surface area (Å²) in [4.78, 5) is 48.0. The van der Waals surface area contributed by atoms with Gasteiger partial charge in [-0.2, -0.15) is 0 Å². The van der Waals surface area contributed by atoms with Gasteiger partial charge in [0, 0.05) is 42.1 Å². The summed E-state index contributed by atoms with van der Waals surface area (Å²) in [5.41, 5.74) is 1.09. The highest BCUT2D eigenvalue weighted by atomic mass is 32.1. The van der Waals surface area contributed by atoms with E-state index in [9.17, 15) is 18.8 Å². The predicted octanol–water partition coefficient (Wildman–Crippen LogP) is 7.82. The van der Waals surface area contributed by atoms with Gasteiger partial charge in [0.25, 0.3) is 0 Å². The predicted molar refractivity (Wildman–Crippen MR) is 169 cm³/mol. The first kappa shape index (κ1) is 32.7. The van der Waals surface area contributed by atoms with Crippen LogP contribution in [-0.4, -0.2) is 63.2 Å². The number of hydrogen-bond donors (Lipinski definition) is 1. The molecular formula is C31H41FN4O5S2. The van der Waals surface area contributed by atoms with E-state index >= 15 is 0 Å². The van der Waals surface area contributed by atoms with Crippen molar-refractivity contribution < 1.29 is 28.2 Å². The summed E-state index contributed by atoms with van der Waals surface area (Å²) in [6.07, 6.45) is 0.503. The smallest absolute Gasteiger partial charge is 0.410 e. The molecule has 0 spiro atoms. The van der Waals surface area contributed by atoms with Crippen molar-refractivity contribution in [2.45, 2.75) is 98.4 Å². The minimum absolute atomic E-state index is 0.0701. The van der Waals surface area contributed by atoms with Gasteiger partial charge in [-0.15, -0.1) is 22.7 Å². The average Bonchev–Trinajstić information content (AvgIpc) is 3.45. The fraction of sp³-hybridized carbons (Fsp3) is 0.548. The minimum Gasteiger partial charge on any atom is -0.444 e. The highest BCUT2D eigenvalue weighted by Crippen LogP contribution is 2.46. The Balaban J connectivity index is 1.61. The van der Waals surface area contributed by atoms with Crippen molar-refractivity contribution in [1.29, 1.82) is 0 Å². The van der Waals surface area contributed by atoms with Gasteiger partial charge < -0.3 is 24.6 Å². The number of amides is 3. The number of hydrogen-bond acceptors (Lipinski definition) is 8. The molecule has 0 bridgehead atoms. The van der Waals surface area contributed by atoms with Crippen LogP contribution in [0.2, 0.25) is 0 Å². The third-order valence-corrected chi connectivity index (χ3v) is 9.04. The molecule has 1 aliphatic rings. The first-order valence-electron chi connectivity index (χ1n) is 14.5. The highest BCUT2D eigenvalue weighted by molar-refractivity contribution is 7.23. The van der Waals surface area contributed by atoms with Crippen molar-refractivity contribution in [3.05, 3.63) is 34.5 Å². The van der Waals surface area contributed by atoms with Crippen molar-refractivity contribution in [1.82, 2.24) is 14.8 Å². The van der Waals surface area contributed by atoms with Crippen molar-refractivity contribution in [3.8, 4) is 10.6 Å². The molecule has 4 rings (SSSR count). The van der Waals surface area contributed by atoms with E-state index < -0.39 is 17.3 Å². The van der Waals surface area contributed by atoms with E-state index in [0.717, 1.165) is 27.1 Å². The summed E-state index contributed by atoms with van der Waals surface area (Å²) in [5.74, 6) is -0.623. The van der Waals surface area contributed by atoms with Crippen LogP contribution in [0.5, 0.6) is 0 Å². The van der Waals surface area contributed by atoms with Gasteiger partial charge in [0.05, 0.1) is 16.8 Å². The van der Waals surface area contributed by atoms with Gasteiger partial charge >= 0.3 is 12.2 Å². The summed E-state index contributed by atoms with van der Waals surface area (Å²) in [5, 5.41) is 4.36. The van der Waals surface area contributed by atoms with Crippen LogP contribution in [0.1, 0.15) is 78.7 Å². The molecule has 3 aromatic rings. The molecule has 3 amide bonds. The quantitative estimate of drug-likeness (QED) is 0.285. The number of thiazole rings is 1. The largest absolute Gasteiger partial charge is 0.444 e. The Labute approximate surface area is 260 Å². The molecule has 1 aromatic carbocycles. The van der Waals surface area contributed by atoms with Crippen LogP contribution in [-0.2, 0) is 27.2 Å². The lowest BCUT2D eigenvalue weighted by molar-refractivity contribution is -0.116. The van der Waals surface area contributed by atoms with Crippen LogP contribution in [0.25, 0.3) is 20.8 Å². The minimum atomic E-state index is -0.649. The Kier molecular flexibility index (Phi) is 9.70. The number of carbonyl (C=O) groups is 3. The second kappa shape index (κ2) is 12.8. The molecule has 0 saturated heterocycles. The first-order valence-corrected chi connectivity index (χ1v) is 16.2. The Morgan fingerprint density at radius 1 is 1.12 bits per heavy atom. The van der Waals surface area contributed by atoms with Gasteiger partial charge in [-0.25, -0.2) is 19.0 Å². The Bertz CT molecular complexity index is 1500. The van der Waals surface area contributed by atoms with Gasteiger partial charge in [-0.1, -0.05) is 6.92 Å². The van der Waals surface area contributed by atoms with Crippen molar-refractivity contribution in [2.24, 2.45) is 0 Å². The van der Waals surface area contributed by atoms with E-state index in [1.54, 1.807) is 15.9 Å². The van der Waals surface area contributed by atoms with Crippen LogP contribution in [0, 0.1) is 5.82 Å². The molecular weight excluding hydrogens is 591 g/mol. The fourth-order valence-electron chi connectivity index (χ4n) is 4.65. The van der Waals surface area contributed by atoms with Gasteiger partial charge in [0.1, 0.15) is 27.0 Å². The monoisotopic (exact) mass is 632 g/mol. The number of fused-ring (bicyclic) bond motifs is 2. The summed E-state index contributed by atoms with van der Waals surface area (Å²) in [6.45, 7) is 15.8. The molecule has 1 aliphatic heterocycles. The van der Waals surface area contributed by atoms with Gasteiger partial charge in [0.15, 0.2) is 0 Å². The van der Waals surface area contributed by atoms with Crippen LogP contribution >= 0.6 is 22.7 Å². The van der Waals surface area contributed by atoms with E-state index in [0.29, 0.717) is 35.0 Å². The van der Waals surface area contributed by atoms with E-state index in [1.165, 1.54) is 34.8 Å². The Morgan fingerprint density at radius 2 is 1.81 bits per heavy atom. The summed E-state index contributed by atoms with van der Waals surface area (Å²) in [7, 11) is 0. The van der Waals surface area contributed by atoms with E-state index in [-0.39, 0.29) is 36.8 Å². The number of carbonyl (C=O) groups excluding carboxylic acids is 3. The average molecular weight is 633 g/mol. The number of halogens is 1. The third kappa shape index (κ3) is 8.23. The molecule has 2 aromatic heterocycles. The highest BCUT2D eigenvalue weighted by Gasteiger charge is 2.32. The molecule has 1 N–H and O–H groups in total. The summed E-state index contributed by atoms with van der Waals surface area (Å²) >= 11 is 2.83. The zero-order chi connectivity index (χ0) is 31.7. The number of benzene rings is 1. The molecule has 43 heavy (non-hydrogen) atoms. The molecule has 3 heterocycles. The summed E-state index contributed by atoms with van der Waals surface area (Å²) in [6, 6.07) is 4.40. The topological polar surface area (TPSA) is 101 Å². The number of nitrogens with one attached hydrogen (secondary N) is 1. The maximum atomic E-state index is 14.0. The molecule has 234 valence electrons. The maximum absolute atomic E-state index is 14.0. The van der Waals surface area contributed by atoms with E-state index in [4.69, 9.17) is 14.5 Å². The SMILES string of the molecule is CCC(C)N(CCC(=O)Nc1sc2c(c1-c1nc3cc(F)ccc3s1)CCN(C(=O)OC(C)(C)C)C2)C(=O)OC(C)(C)C. The number of nitrogens with zero attached hydrogens (tertiary/aromatic N) is 3. The number of ether oxygens (including phenoxy) is 2. The van der Waals surface area contributed by atoms with Crippen LogP contribution in [0.4, 0.5) is 19.0 Å². The lowest BCUT2D eigenvalue weighted by Gasteiger charge is -2.31. The van der Waals surface area contributed by atoms with E-state index in [2.05, 4.69) is 5.32 Å². The molecule has 9 nitrogen and oxygen atoms in total. The second-order valence-corrected chi connectivity index (χ2v) is 14.9. The molecule has 0 radical (unpaired) electrons. The Hall–Kier alpha value is -3.25. The first-order chi connectivity index (χ1) is 20.0. The standard InChI is InChI=1S/C31H41FN4O5S2/c1-9-18(2)36(29(39)41-31(6,7)8)15-13-24(37)34-27-25(26-33-21-16-19(32)10-11-22(21)42-26)20-12-14-35(17-23(20)43-27)28(38)40-30(3,4)5/h10-11,16,18H,9,12-15,17H2,1-8H3,(H,34,37). The molecule has 0 fully saturated rings. The Morgan fingerprint density at radius 3 is 2.47 bits per heavy atom. The number of anilines is 1. The van der Waals surface area contributed by atoms with Crippen LogP contribution < -0.4 is 5.32 Å². The normalized spacial score (nSPS) is 14.3. The molecule has 0 aliphatic carbocycles. The fourth-order valence-corrected chi connectivity index (χ4v) is 7.02. The zero-order valence-electron chi connectivity index (χ0n) is 26.1. The van der Waals surface area contributed by atoms with Crippen molar-refractivity contribution in [2.75, 3.05) is 18.4 Å². The number of rotatable bonds is 7. The number of aromatic nitrogens is 1. The molecule has 0 saturated carbocycles. The third-order valence-electron chi connectivity index (χ3n) is 6.86. The van der Waals surface area contributed by atoms with Crippen LogP contribution in [0.3, 0.4) is 0 Å². The molecule has 1 unspecified atom stereocenters. The van der Waals surface area contributed by atoms with Gasteiger partial charge in [0.2, 0.25) is 5.91 Å². The lowest BCUT2D eigenvalue weighted by atomic mass is 10.0. The van der Waals surface area contributed by atoms with Crippen molar-refractivity contribution in [3.63, 3.8) is 0 Å². The maximum Gasteiger partial charge on any atom is 0.410 e. The van der Waals surface area contributed by atoms with E-state index in [1.807, 2.05) is 55.4 Å². The van der Waals surface area contributed by atoms with Gasteiger partial charge in [-0.05, 0) is 79.0 Å². The van der Waals surface area contributed by atoms with Gasteiger partial charge in [-0.3, -0.25) is 4.79 Å². The molecule has 12 heteroatoms. The second-order valence-electron chi connectivity index (χ2n) is 12.7. The summed E-state index contributed by atoms with van der Waals surface area (Å²) < 4.78 is 26.0. The lowest BCUT2D eigenvalue weighted by Crippen LogP contribution is -2.43. The molecule has 1 atom stereocenters. The number of thiophene rings is 1.